The van der Waals surface area contributed by atoms with E-state index in [2.05, 4.69) is 29.2 Å². The molecule has 0 aromatic carbocycles. The van der Waals surface area contributed by atoms with Gasteiger partial charge in [0, 0.05) is 12.4 Å². The maximum atomic E-state index is 10.7. The van der Waals surface area contributed by atoms with Crippen molar-refractivity contribution in [1.82, 2.24) is 14.6 Å². The highest BCUT2D eigenvalue weighted by molar-refractivity contribution is 5.80. The number of hydrogen-bond acceptors (Lipinski definition) is 4. The molecule has 0 radical (unpaired) electrons. The minimum atomic E-state index is -0.419. The fourth-order valence-electron chi connectivity index (χ4n) is 1.53. The third kappa shape index (κ3) is 2.35. The summed E-state index contributed by atoms with van der Waals surface area (Å²) in [4.78, 5) is 14.9. The molecule has 2 aromatic heterocycles. The Kier molecular flexibility index (Phi) is 2.95. The zero-order valence-electron chi connectivity index (χ0n) is 9.84. The van der Waals surface area contributed by atoms with Crippen LogP contribution in [0.25, 0.3) is 5.52 Å². The molecule has 0 aliphatic heterocycles. The molecule has 2 heterocycles. The maximum Gasteiger partial charge on any atom is 0.236 e. The number of carbonyl (C=O) groups excluding carboxylic acids is 1. The van der Waals surface area contributed by atoms with Crippen LogP contribution < -0.4 is 11.1 Å². The molecular formula is C11H15N5O. The molecule has 0 unspecified atom stereocenters. The lowest BCUT2D eigenvalue weighted by Gasteiger charge is -2.03. The standard InChI is InChI=1S/C11H15N5O/c1-7(2)8-5-9-11(14-6-10(12)17)13-3-4-16(9)15-8/h3-5,7H,6H2,1-2H3,(H2,12,17)(H,13,14). The van der Waals surface area contributed by atoms with Crippen LogP contribution in [0.15, 0.2) is 18.5 Å². The van der Waals surface area contributed by atoms with Crippen LogP contribution in [-0.2, 0) is 4.79 Å². The SMILES string of the molecule is CC(C)c1cc2c(NCC(N)=O)nccn2n1. The molecule has 0 bridgehead atoms. The van der Waals surface area contributed by atoms with E-state index in [4.69, 9.17) is 5.73 Å². The summed E-state index contributed by atoms with van der Waals surface area (Å²) in [6, 6.07) is 1.96. The van der Waals surface area contributed by atoms with Crippen molar-refractivity contribution in [2.45, 2.75) is 19.8 Å². The Labute approximate surface area is 98.8 Å². The van der Waals surface area contributed by atoms with Gasteiger partial charge in [-0.05, 0) is 12.0 Å². The van der Waals surface area contributed by atoms with Gasteiger partial charge in [-0.2, -0.15) is 5.10 Å². The molecule has 6 nitrogen and oxygen atoms in total. The summed E-state index contributed by atoms with van der Waals surface area (Å²) in [5, 5.41) is 7.31. The lowest BCUT2D eigenvalue weighted by atomic mass is 10.1. The third-order valence-corrected chi connectivity index (χ3v) is 2.43. The fraction of sp³-hybridized carbons (Fsp3) is 0.364. The Morgan fingerprint density at radius 1 is 1.59 bits per heavy atom. The Hall–Kier alpha value is -2.11. The van der Waals surface area contributed by atoms with E-state index >= 15 is 0 Å². The molecule has 2 aromatic rings. The monoisotopic (exact) mass is 233 g/mol. The lowest BCUT2D eigenvalue weighted by Crippen LogP contribution is -2.22. The van der Waals surface area contributed by atoms with Gasteiger partial charge in [-0.25, -0.2) is 9.50 Å². The van der Waals surface area contributed by atoms with Crippen LogP contribution in [0.5, 0.6) is 0 Å². The zero-order chi connectivity index (χ0) is 12.4. The summed E-state index contributed by atoms with van der Waals surface area (Å²) in [5.41, 5.74) is 6.92. The first-order valence-electron chi connectivity index (χ1n) is 5.44. The van der Waals surface area contributed by atoms with Crippen molar-refractivity contribution in [2.75, 3.05) is 11.9 Å². The van der Waals surface area contributed by atoms with Gasteiger partial charge in [0.15, 0.2) is 5.82 Å². The summed E-state index contributed by atoms with van der Waals surface area (Å²) in [7, 11) is 0. The number of carbonyl (C=O) groups is 1. The van der Waals surface area contributed by atoms with Crippen molar-refractivity contribution in [1.29, 1.82) is 0 Å². The minimum Gasteiger partial charge on any atom is -0.368 e. The van der Waals surface area contributed by atoms with E-state index in [1.165, 1.54) is 0 Å². The first-order chi connectivity index (χ1) is 8.08. The van der Waals surface area contributed by atoms with Gasteiger partial charge in [0.2, 0.25) is 5.91 Å². The molecule has 0 fully saturated rings. The molecule has 0 spiro atoms. The van der Waals surface area contributed by atoms with Crippen LogP contribution in [0.1, 0.15) is 25.5 Å². The van der Waals surface area contributed by atoms with Crippen LogP contribution in [0, 0.1) is 0 Å². The normalized spacial score (nSPS) is 11.0. The molecule has 0 saturated carbocycles. The van der Waals surface area contributed by atoms with Crippen LogP contribution in [0.2, 0.25) is 0 Å². The molecule has 17 heavy (non-hydrogen) atoms. The average molecular weight is 233 g/mol. The number of anilines is 1. The molecule has 90 valence electrons. The average Bonchev–Trinajstić information content (AvgIpc) is 2.70. The summed E-state index contributed by atoms with van der Waals surface area (Å²) in [6.45, 7) is 4.21. The predicted octanol–water partition coefficient (Wildman–Crippen LogP) is 0.750. The van der Waals surface area contributed by atoms with Crippen molar-refractivity contribution >= 4 is 17.2 Å². The highest BCUT2D eigenvalue weighted by Crippen LogP contribution is 2.19. The number of nitrogens with two attached hydrogens (primary N) is 1. The quantitative estimate of drug-likeness (QED) is 0.816. The van der Waals surface area contributed by atoms with Gasteiger partial charge >= 0.3 is 0 Å². The second-order valence-electron chi connectivity index (χ2n) is 4.15. The highest BCUT2D eigenvalue weighted by atomic mass is 16.1. The van der Waals surface area contributed by atoms with Crippen molar-refractivity contribution in [3.63, 3.8) is 0 Å². The lowest BCUT2D eigenvalue weighted by molar-refractivity contribution is -0.116. The van der Waals surface area contributed by atoms with Gasteiger partial charge in [0.05, 0.1) is 12.2 Å². The molecule has 3 N–H and O–H groups in total. The third-order valence-electron chi connectivity index (χ3n) is 2.43. The van der Waals surface area contributed by atoms with Crippen molar-refractivity contribution in [2.24, 2.45) is 5.73 Å². The summed E-state index contributed by atoms with van der Waals surface area (Å²) >= 11 is 0. The Balaban J connectivity index is 2.38. The minimum absolute atomic E-state index is 0.0644. The van der Waals surface area contributed by atoms with Gasteiger partial charge in [-0.3, -0.25) is 4.79 Å². The predicted molar refractivity (Wildman–Crippen MR) is 64.8 cm³/mol. The van der Waals surface area contributed by atoms with E-state index in [-0.39, 0.29) is 6.54 Å². The molecule has 0 aliphatic rings. The second kappa shape index (κ2) is 4.40. The Morgan fingerprint density at radius 2 is 2.35 bits per heavy atom. The number of nitrogens with zero attached hydrogens (tertiary/aromatic N) is 3. The first kappa shape index (κ1) is 11.4. The highest BCUT2D eigenvalue weighted by Gasteiger charge is 2.09. The topological polar surface area (TPSA) is 85.3 Å². The molecule has 0 aliphatic carbocycles. The van der Waals surface area contributed by atoms with Crippen molar-refractivity contribution in [3.05, 3.63) is 24.2 Å². The Morgan fingerprint density at radius 3 is 3.00 bits per heavy atom. The van der Waals surface area contributed by atoms with E-state index in [1.54, 1.807) is 16.9 Å². The zero-order valence-corrected chi connectivity index (χ0v) is 9.84. The van der Waals surface area contributed by atoms with Crippen molar-refractivity contribution < 1.29 is 4.79 Å². The Bertz CT molecular complexity index is 546. The number of primary amides is 1. The van der Waals surface area contributed by atoms with Crippen LogP contribution >= 0.6 is 0 Å². The van der Waals surface area contributed by atoms with Gasteiger partial charge in [-0.1, -0.05) is 13.8 Å². The summed E-state index contributed by atoms with van der Waals surface area (Å²) < 4.78 is 1.74. The molecule has 2 rings (SSSR count). The number of hydrogen-bond donors (Lipinski definition) is 2. The van der Waals surface area contributed by atoms with E-state index in [0.717, 1.165) is 11.2 Å². The number of nitrogens with one attached hydrogen (secondary N) is 1. The largest absolute Gasteiger partial charge is 0.368 e. The summed E-state index contributed by atoms with van der Waals surface area (Å²) in [6.07, 6.45) is 3.41. The molecule has 6 heteroatoms. The van der Waals surface area contributed by atoms with Gasteiger partial charge in [0.25, 0.3) is 0 Å². The van der Waals surface area contributed by atoms with Crippen molar-refractivity contribution in [3.8, 4) is 0 Å². The van der Waals surface area contributed by atoms with Crippen LogP contribution in [-0.4, -0.2) is 27.0 Å². The van der Waals surface area contributed by atoms with E-state index < -0.39 is 5.91 Å². The number of fused-ring (bicyclic) bond motifs is 1. The first-order valence-corrected chi connectivity index (χ1v) is 5.44. The fourth-order valence-corrected chi connectivity index (χ4v) is 1.53. The summed E-state index contributed by atoms with van der Waals surface area (Å²) in [5.74, 6) is 0.544. The van der Waals surface area contributed by atoms with Crippen LogP contribution in [0.4, 0.5) is 5.82 Å². The number of aromatic nitrogens is 3. The molecule has 1 amide bonds. The van der Waals surface area contributed by atoms with Crippen LogP contribution in [0.3, 0.4) is 0 Å². The van der Waals surface area contributed by atoms with Gasteiger partial charge in [-0.15, -0.1) is 0 Å². The maximum absolute atomic E-state index is 10.7. The number of rotatable bonds is 4. The molecular weight excluding hydrogens is 218 g/mol. The van der Waals surface area contributed by atoms with Gasteiger partial charge in [0.1, 0.15) is 5.52 Å². The molecule has 0 atom stereocenters. The van der Waals surface area contributed by atoms with E-state index in [1.807, 2.05) is 6.07 Å². The molecule has 0 saturated heterocycles. The smallest absolute Gasteiger partial charge is 0.236 e. The second-order valence-corrected chi connectivity index (χ2v) is 4.15. The number of amides is 1. The van der Waals surface area contributed by atoms with Gasteiger partial charge < -0.3 is 11.1 Å². The van der Waals surface area contributed by atoms with E-state index in [9.17, 15) is 4.79 Å². The van der Waals surface area contributed by atoms with E-state index in [0.29, 0.717) is 11.7 Å².